The summed E-state index contributed by atoms with van der Waals surface area (Å²) in [4.78, 5) is 10.5. The molecule has 0 aliphatic carbocycles. The molecule has 18 heavy (non-hydrogen) atoms. The fourth-order valence-corrected chi connectivity index (χ4v) is 1.69. The third kappa shape index (κ3) is 2.68. The fraction of sp³-hybridized carbons (Fsp3) is 0.385. The molecular formula is C13H17N3O2. The maximum atomic E-state index is 9.08. The maximum Gasteiger partial charge on any atom is 0.225 e. The third-order valence-corrected chi connectivity index (χ3v) is 2.77. The van der Waals surface area contributed by atoms with Gasteiger partial charge in [0.25, 0.3) is 0 Å². The standard InChI is InChI=1S/C13H17N3O2/c1-9-4-5-12(18-9)7-16(3)13-14-6-11(8-17)10(2)15-13/h4-6,17H,7-8H2,1-3H3. The smallest absolute Gasteiger partial charge is 0.225 e. The van der Waals surface area contributed by atoms with Crippen molar-refractivity contribution in [3.05, 3.63) is 41.1 Å². The van der Waals surface area contributed by atoms with Crippen LogP contribution in [0, 0.1) is 13.8 Å². The number of rotatable bonds is 4. The summed E-state index contributed by atoms with van der Waals surface area (Å²) in [6, 6.07) is 3.88. The molecule has 0 saturated heterocycles. The van der Waals surface area contributed by atoms with Crippen molar-refractivity contribution >= 4 is 5.95 Å². The first-order chi connectivity index (χ1) is 8.60. The molecule has 2 heterocycles. The van der Waals surface area contributed by atoms with E-state index in [1.54, 1.807) is 6.20 Å². The lowest BCUT2D eigenvalue weighted by atomic mass is 10.2. The molecule has 2 aromatic heterocycles. The van der Waals surface area contributed by atoms with Crippen molar-refractivity contribution in [1.29, 1.82) is 0 Å². The van der Waals surface area contributed by atoms with E-state index in [9.17, 15) is 0 Å². The molecule has 0 radical (unpaired) electrons. The molecule has 0 saturated carbocycles. The Morgan fingerprint density at radius 3 is 2.67 bits per heavy atom. The second-order valence-electron chi connectivity index (χ2n) is 4.31. The third-order valence-electron chi connectivity index (χ3n) is 2.77. The lowest BCUT2D eigenvalue weighted by Gasteiger charge is -2.16. The molecule has 0 aromatic carbocycles. The second-order valence-corrected chi connectivity index (χ2v) is 4.31. The number of aliphatic hydroxyl groups is 1. The van der Waals surface area contributed by atoms with Gasteiger partial charge in [-0.05, 0) is 26.0 Å². The molecule has 0 unspecified atom stereocenters. The average molecular weight is 247 g/mol. The van der Waals surface area contributed by atoms with E-state index >= 15 is 0 Å². The SMILES string of the molecule is Cc1ccc(CN(C)c2ncc(CO)c(C)n2)o1. The van der Waals surface area contributed by atoms with Crippen LogP contribution in [-0.4, -0.2) is 22.1 Å². The van der Waals surface area contributed by atoms with Crippen molar-refractivity contribution in [3.8, 4) is 0 Å². The van der Waals surface area contributed by atoms with Crippen LogP contribution >= 0.6 is 0 Å². The van der Waals surface area contributed by atoms with Gasteiger partial charge in [-0.1, -0.05) is 0 Å². The zero-order chi connectivity index (χ0) is 13.1. The number of aromatic nitrogens is 2. The van der Waals surface area contributed by atoms with Crippen LogP contribution in [0.25, 0.3) is 0 Å². The van der Waals surface area contributed by atoms with Crippen molar-refractivity contribution in [2.75, 3.05) is 11.9 Å². The van der Waals surface area contributed by atoms with Crippen molar-refractivity contribution in [3.63, 3.8) is 0 Å². The summed E-state index contributed by atoms with van der Waals surface area (Å²) in [5.74, 6) is 2.40. The first kappa shape index (κ1) is 12.6. The van der Waals surface area contributed by atoms with Gasteiger partial charge in [-0.15, -0.1) is 0 Å². The van der Waals surface area contributed by atoms with Gasteiger partial charge < -0.3 is 14.4 Å². The van der Waals surface area contributed by atoms with Crippen molar-refractivity contribution in [1.82, 2.24) is 9.97 Å². The molecule has 0 spiro atoms. The maximum absolute atomic E-state index is 9.08. The fourth-order valence-electron chi connectivity index (χ4n) is 1.69. The van der Waals surface area contributed by atoms with Crippen LogP contribution in [0.3, 0.4) is 0 Å². The molecule has 96 valence electrons. The minimum atomic E-state index is -0.0345. The molecule has 0 bridgehead atoms. The quantitative estimate of drug-likeness (QED) is 0.892. The van der Waals surface area contributed by atoms with Crippen LogP contribution in [0.1, 0.15) is 22.8 Å². The average Bonchev–Trinajstić information content (AvgIpc) is 2.74. The van der Waals surface area contributed by atoms with Gasteiger partial charge in [0.1, 0.15) is 11.5 Å². The topological polar surface area (TPSA) is 62.4 Å². The van der Waals surface area contributed by atoms with Gasteiger partial charge >= 0.3 is 0 Å². The summed E-state index contributed by atoms with van der Waals surface area (Å²) in [6.45, 7) is 4.36. The predicted molar refractivity (Wildman–Crippen MR) is 68.2 cm³/mol. The number of furan rings is 1. The van der Waals surface area contributed by atoms with Crippen LogP contribution < -0.4 is 4.90 Å². The Bertz CT molecular complexity index is 537. The van der Waals surface area contributed by atoms with Crippen molar-refractivity contribution in [2.24, 2.45) is 0 Å². The van der Waals surface area contributed by atoms with Gasteiger partial charge in [0, 0.05) is 24.5 Å². The zero-order valence-corrected chi connectivity index (χ0v) is 10.8. The van der Waals surface area contributed by atoms with Crippen LogP contribution in [-0.2, 0) is 13.2 Å². The molecule has 2 aromatic rings. The van der Waals surface area contributed by atoms with Crippen LogP contribution in [0.5, 0.6) is 0 Å². The Labute approximate surface area is 106 Å². The highest BCUT2D eigenvalue weighted by atomic mass is 16.3. The van der Waals surface area contributed by atoms with E-state index in [1.165, 1.54) is 0 Å². The normalized spacial score (nSPS) is 10.7. The van der Waals surface area contributed by atoms with Gasteiger partial charge in [0.2, 0.25) is 5.95 Å². The van der Waals surface area contributed by atoms with Gasteiger partial charge in [-0.3, -0.25) is 0 Å². The molecule has 5 nitrogen and oxygen atoms in total. The molecule has 2 rings (SSSR count). The number of aliphatic hydroxyl groups excluding tert-OH is 1. The number of anilines is 1. The summed E-state index contributed by atoms with van der Waals surface area (Å²) in [5, 5.41) is 9.08. The van der Waals surface area contributed by atoms with E-state index in [4.69, 9.17) is 9.52 Å². The lowest BCUT2D eigenvalue weighted by Crippen LogP contribution is -2.19. The molecule has 0 amide bonds. The van der Waals surface area contributed by atoms with Crippen LogP contribution in [0.15, 0.2) is 22.7 Å². The highest BCUT2D eigenvalue weighted by Crippen LogP contribution is 2.14. The first-order valence-corrected chi connectivity index (χ1v) is 5.80. The van der Waals surface area contributed by atoms with Crippen LogP contribution in [0.2, 0.25) is 0 Å². The second kappa shape index (κ2) is 5.18. The summed E-state index contributed by atoms with van der Waals surface area (Å²) >= 11 is 0. The van der Waals surface area contributed by atoms with Gasteiger partial charge in [-0.25, -0.2) is 9.97 Å². The minimum Gasteiger partial charge on any atom is -0.464 e. The molecule has 0 fully saturated rings. The summed E-state index contributed by atoms with van der Waals surface area (Å²) < 4.78 is 5.51. The Hall–Kier alpha value is -1.88. The van der Waals surface area contributed by atoms with Gasteiger partial charge in [-0.2, -0.15) is 0 Å². The zero-order valence-electron chi connectivity index (χ0n) is 10.8. The summed E-state index contributed by atoms with van der Waals surface area (Å²) in [6.07, 6.45) is 1.65. The van der Waals surface area contributed by atoms with E-state index in [2.05, 4.69) is 9.97 Å². The highest BCUT2D eigenvalue weighted by molar-refractivity contribution is 5.32. The Kier molecular flexibility index (Phi) is 3.62. The minimum absolute atomic E-state index is 0.0345. The van der Waals surface area contributed by atoms with Crippen molar-refractivity contribution < 1.29 is 9.52 Å². The molecule has 0 aliphatic rings. The Balaban J connectivity index is 2.13. The number of hydrogen-bond acceptors (Lipinski definition) is 5. The first-order valence-electron chi connectivity index (χ1n) is 5.80. The summed E-state index contributed by atoms with van der Waals surface area (Å²) in [7, 11) is 1.91. The molecule has 1 N–H and O–H groups in total. The highest BCUT2D eigenvalue weighted by Gasteiger charge is 2.09. The monoisotopic (exact) mass is 247 g/mol. The number of nitrogens with zero attached hydrogens (tertiary/aromatic N) is 3. The van der Waals surface area contributed by atoms with E-state index < -0.39 is 0 Å². The van der Waals surface area contributed by atoms with E-state index in [0.717, 1.165) is 22.8 Å². The molecular weight excluding hydrogens is 230 g/mol. The number of hydrogen-bond donors (Lipinski definition) is 1. The number of aryl methyl sites for hydroxylation is 2. The Morgan fingerprint density at radius 1 is 1.33 bits per heavy atom. The molecule has 0 atom stereocenters. The van der Waals surface area contributed by atoms with Crippen LogP contribution in [0.4, 0.5) is 5.95 Å². The van der Waals surface area contributed by atoms with E-state index in [0.29, 0.717) is 12.5 Å². The Morgan fingerprint density at radius 2 is 2.11 bits per heavy atom. The van der Waals surface area contributed by atoms with Crippen molar-refractivity contribution in [2.45, 2.75) is 27.0 Å². The molecule has 0 aliphatic heterocycles. The van der Waals surface area contributed by atoms with Gasteiger partial charge in [0.15, 0.2) is 0 Å². The van der Waals surface area contributed by atoms with Gasteiger partial charge in [0.05, 0.1) is 13.2 Å². The van der Waals surface area contributed by atoms with E-state index in [1.807, 2.05) is 37.9 Å². The predicted octanol–water partition coefficient (Wildman–Crippen LogP) is 1.82. The lowest BCUT2D eigenvalue weighted by molar-refractivity contribution is 0.280. The summed E-state index contributed by atoms with van der Waals surface area (Å²) in [5.41, 5.74) is 1.55. The largest absolute Gasteiger partial charge is 0.464 e. The molecule has 5 heteroatoms. The van der Waals surface area contributed by atoms with E-state index in [-0.39, 0.29) is 6.61 Å².